The molecule has 0 saturated carbocycles. The minimum Gasteiger partial charge on any atom is -0.313 e. The quantitative estimate of drug-likeness (QED) is 0.654. The van der Waals surface area contributed by atoms with Crippen LogP contribution in [0.1, 0.15) is 47.0 Å². The first-order valence-electron chi connectivity index (χ1n) is 5.85. The van der Waals surface area contributed by atoms with Crippen molar-refractivity contribution >= 4 is 9.84 Å². The molecule has 15 heavy (non-hydrogen) atoms. The van der Waals surface area contributed by atoms with E-state index in [0.29, 0.717) is 18.3 Å². The van der Waals surface area contributed by atoms with Crippen LogP contribution in [-0.2, 0) is 9.84 Å². The Labute approximate surface area is 94.6 Å². The summed E-state index contributed by atoms with van der Waals surface area (Å²) in [5, 5.41) is 2.90. The Hall–Kier alpha value is -0.0900. The average molecular weight is 235 g/mol. The molecule has 0 aromatic carbocycles. The Morgan fingerprint density at radius 1 is 1.13 bits per heavy atom. The van der Waals surface area contributed by atoms with Crippen molar-refractivity contribution in [1.29, 1.82) is 0 Å². The van der Waals surface area contributed by atoms with Crippen molar-refractivity contribution in [2.75, 3.05) is 12.3 Å². The van der Waals surface area contributed by atoms with Gasteiger partial charge in [-0.3, -0.25) is 0 Å². The van der Waals surface area contributed by atoms with E-state index in [1.165, 1.54) is 0 Å². The molecule has 0 aromatic heterocycles. The second-order valence-corrected chi connectivity index (χ2v) is 6.99. The predicted octanol–water partition coefficient (Wildman–Crippen LogP) is 1.98. The topological polar surface area (TPSA) is 46.2 Å². The lowest BCUT2D eigenvalue weighted by Gasteiger charge is -2.15. The van der Waals surface area contributed by atoms with Gasteiger partial charge in [-0.15, -0.1) is 0 Å². The van der Waals surface area contributed by atoms with Crippen molar-refractivity contribution in [3.63, 3.8) is 0 Å². The Balaban J connectivity index is 3.97. The third-order valence-electron chi connectivity index (χ3n) is 2.46. The smallest absolute Gasteiger partial charge is 0.154 e. The first-order chi connectivity index (χ1) is 6.90. The summed E-state index contributed by atoms with van der Waals surface area (Å²) < 4.78 is 23.6. The van der Waals surface area contributed by atoms with Gasteiger partial charge < -0.3 is 5.32 Å². The number of hydrogen-bond donors (Lipinski definition) is 1. The summed E-state index contributed by atoms with van der Waals surface area (Å²) in [5.74, 6) is 0.335. The summed E-state index contributed by atoms with van der Waals surface area (Å²) in [4.78, 5) is 0. The Kier molecular flexibility index (Phi) is 7.18. The lowest BCUT2D eigenvalue weighted by Crippen LogP contribution is -2.35. The first kappa shape index (κ1) is 14.9. The van der Waals surface area contributed by atoms with Crippen LogP contribution in [0.15, 0.2) is 0 Å². The van der Waals surface area contributed by atoms with Crippen LogP contribution in [0.25, 0.3) is 0 Å². The van der Waals surface area contributed by atoms with Gasteiger partial charge in [0.25, 0.3) is 0 Å². The summed E-state index contributed by atoms with van der Waals surface area (Å²) in [6.45, 7) is 8.48. The molecule has 0 bridgehead atoms. The van der Waals surface area contributed by atoms with Crippen LogP contribution < -0.4 is 5.32 Å². The van der Waals surface area contributed by atoms with E-state index in [1.54, 1.807) is 6.92 Å². The summed E-state index contributed by atoms with van der Waals surface area (Å²) >= 11 is 0. The van der Waals surface area contributed by atoms with Crippen LogP contribution in [0.3, 0.4) is 0 Å². The van der Waals surface area contributed by atoms with E-state index in [1.807, 2.05) is 13.8 Å². The molecule has 0 aliphatic heterocycles. The molecule has 0 aliphatic rings. The zero-order chi connectivity index (χ0) is 11.9. The van der Waals surface area contributed by atoms with E-state index >= 15 is 0 Å². The Morgan fingerprint density at radius 2 is 1.73 bits per heavy atom. The second kappa shape index (κ2) is 7.23. The largest absolute Gasteiger partial charge is 0.313 e. The number of nitrogens with one attached hydrogen (secondary N) is 1. The van der Waals surface area contributed by atoms with Crippen LogP contribution in [0, 0.1) is 0 Å². The highest BCUT2D eigenvalue weighted by Gasteiger charge is 2.19. The van der Waals surface area contributed by atoms with Crippen molar-refractivity contribution in [2.45, 2.75) is 58.2 Å². The maximum absolute atomic E-state index is 11.8. The Morgan fingerprint density at radius 3 is 2.20 bits per heavy atom. The molecule has 92 valence electrons. The number of hydrogen-bond acceptors (Lipinski definition) is 3. The fourth-order valence-corrected chi connectivity index (χ4v) is 2.64. The van der Waals surface area contributed by atoms with Crippen LogP contribution in [0.4, 0.5) is 0 Å². The highest BCUT2D eigenvalue weighted by atomic mass is 32.2. The molecule has 0 fully saturated rings. The molecule has 0 rings (SSSR count). The van der Waals surface area contributed by atoms with Crippen LogP contribution >= 0.6 is 0 Å². The summed E-state index contributed by atoms with van der Waals surface area (Å²) in [6.07, 6.45) is 2.86. The lowest BCUT2D eigenvalue weighted by atomic mass is 10.3. The van der Waals surface area contributed by atoms with Crippen molar-refractivity contribution in [1.82, 2.24) is 5.32 Å². The number of rotatable bonds is 8. The van der Waals surface area contributed by atoms with E-state index in [4.69, 9.17) is 0 Å². The highest BCUT2D eigenvalue weighted by Crippen LogP contribution is 2.06. The van der Waals surface area contributed by atoms with Crippen molar-refractivity contribution in [2.24, 2.45) is 0 Å². The first-order valence-corrected chi connectivity index (χ1v) is 7.56. The van der Waals surface area contributed by atoms with Gasteiger partial charge in [0, 0.05) is 12.6 Å². The zero-order valence-electron chi connectivity index (χ0n) is 10.4. The van der Waals surface area contributed by atoms with Crippen molar-refractivity contribution in [3.05, 3.63) is 0 Å². The normalized spacial score (nSPS) is 14.5. The minimum absolute atomic E-state index is 0.267. The molecule has 1 N–H and O–H groups in total. The summed E-state index contributed by atoms with van der Waals surface area (Å²) in [5.41, 5.74) is 0. The van der Waals surface area contributed by atoms with Gasteiger partial charge in [-0.2, -0.15) is 0 Å². The standard InChI is InChI=1S/C11H25NO2S/c1-5-6-7-8-15(13,14)11(4)9-12-10(2)3/h10-12H,5-9H2,1-4H3. The predicted molar refractivity (Wildman–Crippen MR) is 65.9 cm³/mol. The second-order valence-electron chi connectivity index (χ2n) is 4.45. The molecular formula is C11H25NO2S. The molecule has 3 nitrogen and oxygen atoms in total. The van der Waals surface area contributed by atoms with Gasteiger partial charge >= 0.3 is 0 Å². The van der Waals surface area contributed by atoms with Crippen LogP contribution in [0.2, 0.25) is 0 Å². The molecule has 0 heterocycles. The molecule has 0 spiro atoms. The molecule has 0 radical (unpaired) electrons. The van der Waals surface area contributed by atoms with E-state index in [2.05, 4.69) is 12.2 Å². The third kappa shape index (κ3) is 6.90. The summed E-state index contributed by atoms with van der Waals surface area (Å²) in [7, 11) is -2.89. The molecule has 0 saturated heterocycles. The fourth-order valence-electron chi connectivity index (χ4n) is 1.28. The van der Waals surface area contributed by atoms with E-state index in [9.17, 15) is 8.42 Å². The molecule has 0 aliphatic carbocycles. The Bertz CT molecular complexity index is 247. The molecule has 1 unspecified atom stereocenters. The van der Waals surface area contributed by atoms with Gasteiger partial charge in [0.05, 0.1) is 11.0 Å². The molecular weight excluding hydrogens is 210 g/mol. The van der Waals surface area contributed by atoms with Gasteiger partial charge in [-0.25, -0.2) is 8.42 Å². The lowest BCUT2D eigenvalue weighted by molar-refractivity contribution is 0.547. The van der Waals surface area contributed by atoms with Gasteiger partial charge in [0.1, 0.15) is 0 Å². The van der Waals surface area contributed by atoms with Gasteiger partial charge in [-0.1, -0.05) is 33.6 Å². The summed E-state index contributed by atoms with van der Waals surface area (Å²) in [6, 6.07) is 0.346. The van der Waals surface area contributed by atoms with E-state index < -0.39 is 9.84 Å². The monoisotopic (exact) mass is 235 g/mol. The minimum atomic E-state index is -2.89. The van der Waals surface area contributed by atoms with E-state index in [-0.39, 0.29) is 5.25 Å². The number of sulfone groups is 1. The SMILES string of the molecule is CCCCCS(=O)(=O)C(C)CNC(C)C. The van der Waals surface area contributed by atoms with Crippen LogP contribution in [-0.4, -0.2) is 32.0 Å². The molecule has 0 aromatic rings. The highest BCUT2D eigenvalue weighted by molar-refractivity contribution is 7.92. The molecule has 1 atom stereocenters. The fraction of sp³-hybridized carbons (Fsp3) is 1.00. The van der Waals surface area contributed by atoms with Crippen LogP contribution in [0.5, 0.6) is 0 Å². The van der Waals surface area contributed by atoms with Gasteiger partial charge in [0.2, 0.25) is 0 Å². The average Bonchev–Trinajstić information content (AvgIpc) is 2.14. The van der Waals surface area contributed by atoms with Gasteiger partial charge in [0.15, 0.2) is 9.84 Å². The van der Waals surface area contributed by atoms with Gasteiger partial charge in [-0.05, 0) is 13.3 Å². The molecule has 0 amide bonds. The maximum atomic E-state index is 11.8. The van der Waals surface area contributed by atoms with Crippen molar-refractivity contribution < 1.29 is 8.42 Å². The number of unbranched alkanes of at least 4 members (excludes halogenated alkanes) is 2. The third-order valence-corrected chi connectivity index (χ3v) is 4.71. The maximum Gasteiger partial charge on any atom is 0.154 e. The zero-order valence-corrected chi connectivity index (χ0v) is 11.2. The molecule has 4 heteroatoms. The van der Waals surface area contributed by atoms with Crippen molar-refractivity contribution in [3.8, 4) is 0 Å². The van der Waals surface area contributed by atoms with E-state index in [0.717, 1.165) is 19.3 Å².